The Balaban J connectivity index is 2.83. The molecular weight excluding hydrogens is 271 g/mol. The molecule has 1 rings (SSSR count). The van der Waals surface area contributed by atoms with E-state index in [1.54, 1.807) is 17.6 Å². The molecule has 0 saturated heterocycles. The number of halogens is 2. The number of benzene rings is 1. The molecule has 2 N–H and O–H groups in total. The van der Waals surface area contributed by atoms with E-state index in [-0.39, 0.29) is 11.4 Å². The molecule has 1 aromatic rings. The number of thioether (sulfide) groups is 1. The van der Waals surface area contributed by atoms with Gasteiger partial charge in [0.2, 0.25) is 0 Å². The normalized spacial score (nSPS) is 11.2. The lowest BCUT2D eigenvalue weighted by atomic mass is 10.3. The minimum Gasteiger partial charge on any atom is -0.393 e. The van der Waals surface area contributed by atoms with Crippen molar-refractivity contribution in [3.63, 3.8) is 0 Å². The number of hydrogen-bond donors (Lipinski definition) is 1. The molecule has 0 amide bonds. The van der Waals surface area contributed by atoms with E-state index in [0.717, 1.165) is 0 Å². The van der Waals surface area contributed by atoms with Crippen LogP contribution in [0.4, 0.5) is 11.4 Å². The average molecular weight is 279 g/mol. The van der Waals surface area contributed by atoms with Crippen LogP contribution in [0, 0.1) is 10.1 Å². The molecule has 0 saturated carbocycles. The Morgan fingerprint density at radius 2 is 2.19 bits per heavy atom. The highest BCUT2D eigenvalue weighted by atomic mass is 35.5. The first kappa shape index (κ1) is 13.2. The van der Waals surface area contributed by atoms with E-state index in [1.165, 1.54) is 23.9 Å². The highest BCUT2D eigenvalue weighted by molar-refractivity contribution is 8.02. The summed E-state index contributed by atoms with van der Waals surface area (Å²) in [6.07, 6.45) is 1.57. The number of nitrogens with two attached hydrogens (primary N) is 1. The first-order valence-electron chi connectivity index (χ1n) is 4.16. The van der Waals surface area contributed by atoms with Crippen LogP contribution in [0.2, 0.25) is 0 Å². The first-order valence-corrected chi connectivity index (χ1v) is 5.91. The predicted molar refractivity (Wildman–Crippen MR) is 68.0 cm³/mol. The van der Waals surface area contributed by atoms with Crippen molar-refractivity contribution in [1.29, 1.82) is 0 Å². The van der Waals surface area contributed by atoms with Crippen LogP contribution in [-0.2, 0) is 0 Å². The van der Waals surface area contributed by atoms with E-state index in [0.29, 0.717) is 4.90 Å². The third-order valence-corrected chi connectivity index (χ3v) is 2.74. The maximum Gasteiger partial charge on any atom is 0.293 e. The lowest BCUT2D eigenvalue weighted by Gasteiger charge is -1.99. The minimum absolute atomic E-state index is 0.105. The third-order valence-electron chi connectivity index (χ3n) is 1.63. The van der Waals surface area contributed by atoms with Gasteiger partial charge in [-0.25, -0.2) is 0 Å². The van der Waals surface area contributed by atoms with Crippen molar-refractivity contribution in [2.45, 2.75) is 9.73 Å². The third kappa shape index (κ3) is 3.92. The number of nitro benzene ring substituents is 1. The van der Waals surface area contributed by atoms with E-state index in [2.05, 4.69) is 0 Å². The summed E-state index contributed by atoms with van der Waals surface area (Å²) in [6.45, 7) is 0. The van der Waals surface area contributed by atoms with E-state index in [9.17, 15) is 10.1 Å². The molecule has 0 aliphatic heterocycles. The second-order valence-corrected chi connectivity index (χ2v) is 4.90. The van der Waals surface area contributed by atoms with Gasteiger partial charge in [-0.15, -0.1) is 23.2 Å². The highest BCUT2D eigenvalue weighted by Crippen LogP contribution is 2.28. The van der Waals surface area contributed by atoms with Gasteiger partial charge in [-0.3, -0.25) is 10.1 Å². The second-order valence-electron chi connectivity index (χ2n) is 2.76. The molecule has 0 unspecified atom stereocenters. The molecular formula is C9H8Cl2N2O2S. The number of nitrogen functional groups attached to an aromatic ring is 1. The van der Waals surface area contributed by atoms with Crippen molar-refractivity contribution in [3.05, 3.63) is 39.8 Å². The number of allylic oxidation sites excluding steroid dienone is 1. The fourth-order valence-corrected chi connectivity index (χ4v) is 1.97. The summed E-state index contributed by atoms with van der Waals surface area (Å²) in [4.78, 5) is 10.2. The summed E-state index contributed by atoms with van der Waals surface area (Å²) >= 11 is 12.3. The summed E-state index contributed by atoms with van der Waals surface area (Å²) in [5.74, 6) is 0. The molecule has 0 radical (unpaired) electrons. The van der Waals surface area contributed by atoms with Gasteiger partial charge >= 0.3 is 0 Å². The standard InChI is InChI=1S/C9H8Cl2N2O2S/c10-9(11)3-4-16-6-1-2-7(12)8(5-6)13(14)15/h1-5,9H,12H2. The summed E-state index contributed by atoms with van der Waals surface area (Å²) in [7, 11) is 0. The predicted octanol–water partition coefficient (Wildman–Crippen LogP) is 3.59. The van der Waals surface area contributed by atoms with Gasteiger partial charge in [0.05, 0.1) is 4.92 Å². The Kier molecular flexibility index (Phi) is 4.92. The van der Waals surface area contributed by atoms with Crippen LogP contribution in [0.1, 0.15) is 0 Å². The smallest absolute Gasteiger partial charge is 0.293 e. The number of rotatable bonds is 4. The van der Waals surface area contributed by atoms with Crippen LogP contribution in [0.5, 0.6) is 0 Å². The van der Waals surface area contributed by atoms with Gasteiger partial charge in [-0.05, 0) is 23.6 Å². The quantitative estimate of drug-likeness (QED) is 0.300. The molecule has 86 valence electrons. The van der Waals surface area contributed by atoms with Gasteiger partial charge in [0.15, 0.2) is 0 Å². The van der Waals surface area contributed by atoms with Crippen LogP contribution in [0.3, 0.4) is 0 Å². The van der Waals surface area contributed by atoms with Crippen molar-refractivity contribution in [2.24, 2.45) is 0 Å². The Hall–Kier alpha value is -0.910. The van der Waals surface area contributed by atoms with Gasteiger partial charge in [0.25, 0.3) is 5.69 Å². The van der Waals surface area contributed by atoms with Crippen LogP contribution in [-0.4, -0.2) is 9.76 Å². The van der Waals surface area contributed by atoms with Crippen molar-refractivity contribution in [3.8, 4) is 0 Å². The zero-order valence-electron chi connectivity index (χ0n) is 7.97. The van der Waals surface area contributed by atoms with Crippen LogP contribution in [0.15, 0.2) is 34.6 Å². The van der Waals surface area contributed by atoms with Gasteiger partial charge in [-0.2, -0.15) is 0 Å². The zero-order valence-corrected chi connectivity index (χ0v) is 10.3. The largest absolute Gasteiger partial charge is 0.393 e. The van der Waals surface area contributed by atoms with E-state index >= 15 is 0 Å². The lowest BCUT2D eigenvalue weighted by molar-refractivity contribution is -0.384. The molecule has 1 aromatic carbocycles. The van der Waals surface area contributed by atoms with Gasteiger partial charge < -0.3 is 5.73 Å². The molecule has 0 spiro atoms. The van der Waals surface area contributed by atoms with Gasteiger partial charge in [-0.1, -0.05) is 11.8 Å². The number of anilines is 1. The van der Waals surface area contributed by atoms with Crippen molar-refractivity contribution < 1.29 is 4.92 Å². The summed E-state index contributed by atoms with van der Waals surface area (Å²) in [5.41, 5.74) is 5.50. The van der Waals surface area contributed by atoms with Crippen LogP contribution in [0.25, 0.3) is 0 Å². The summed E-state index contributed by atoms with van der Waals surface area (Å²) in [6, 6.07) is 4.59. The zero-order chi connectivity index (χ0) is 12.1. The topological polar surface area (TPSA) is 69.2 Å². The van der Waals surface area contributed by atoms with Gasteiger partial charge in [0, 0.05) is 11.0 Å². The number of nitro groups is 1. The van der Waals surface area contributed by atoms with Crippen molar-refractivity contribution in [1.82, 2.24) is 0 Å². The van der Waals surface area contributed by atoms with Crippen LogP contribution >= 0.6 is 35.0 Å². The van der Waals surface area contributed by atoms with E-state index < -0.39 is 9.76 Å². The lowest BCUT2D eigenvalue weighted by Crippen LogP contribution is -1.95. The molecule has 0 aliphatic carbocycles. The molecule has 0 fully saturated rings. The van der Waals surface area contributed by atoms with Gasteiger partial charge in [0.1, 0.15) is 10.5 Å². The van der Waals surface area contributed by atoms with E-state index in [1.807, 2.05) is 0 Å². The van der Waals surface area contributed by atoms with Crippen LogP contribution < -0.4 is 5.73 Å². The number of hydrogen-bond acceptors (Lipinski definition) is 4. The molecule has 0 bridgehead atoms. The second kappa shape index (κ2) is 5.98. The maximum atomic E-state index is 10.6. The minimum atomic E-state index is -0.587. The average Bonchev–Trinajstić information content (AvgIpc) is 2.19. The Labute approximate surface area is 107 Å². The highest BCUT2D eigenvalue weighted by Gasteiger charge is 2.11. The Morgan fingerprint density at radius 3 is 2.75 bits per heavy atom. The fourth-order valence-electron chi connectivity index (χ4n) is 0.932. The fraction of sp³-hybridized carbons (Fsp3) is 0.111. The molecule has 16 heavy (non-hydrogen) atoms. The first-order chi connectivity index (χ1) is 7.50. The summed E-state index contributed by atoms with van der Waals surface area (Å²) in [5, 5.41) is 12.3. The Morgan fingerprint density at radius 1 is 1.50 bits per heavy atom. The molecule has 0 atom stereocenters. The molecule has 0 aromatic heterocycles. The number of alkyl halides is 2. The SMILES string of the molecule is Nc1ccc(SC=CC(Cl)Cl)cc1[N+](=O)[O-]. The maximum absolute atomic E-state index is 10.6. The number of nitrogens with zero attached hydrogens (tertiary/aromatic N) is 1. The Bertz CT molecular complexity index is 424. The molecule has 0 aliphatic rings. The molecule has 0 heterocycles. The monoisotopic (exact) mass is 278 g/mol. The molecule has 7 heteroatoms. The van der Waals surface area contributed by atoms with Crippen molar-refractivity contribution >= 4 is 46.3 Å². The van der Waals surface area contributed by atoms with E-state index in [4.69, 9.17) is 28.9 Å². The molecule has 4 nitrogen and oxygen atoms in total. The van der Waals surface area contributed by atoms with Crippen molar-refractivity contribution in [2.75, 3.05) is 5.73 Å². The summed E-state index contributed by atoms with van der Waals surface area (Å²) < 4.78 is 0.